The fourth-order valence-electron chi connectivity index (χ4n) is 1.04. The Morgan fingerprint density at radius 2 is 1.95 bits per heavy atom. The first-order valence-corrected chi connectivity index (χ1v) is 7.74. The van der Waals surface area contributed by atoms with Crippen LogP contribution in [0.4, 0.5) is 5.13 Å². The van der Waals surface area contributed by atoms with E-state index in [4.69, 9.17) is 0 Å². The molecule has 0 aliphatic rings. The van der Waals surface area contributed by atoms with Gasteiger partial charge < -0.3 is 5.32 Å². The molecule has 106 valence electrons. The van der Waals surface area contributed by atoms with Crippen molar-refractivity contribution < 1.29 is 9.59 Å². The molecule has 1 atom stereocenters. The van der Waals surface area contributed by atoms with Crippen molar-refractivity contribution >= 4 is 40.0 Å². The van der Waals surface area contributed by atoms with Crippen LogP contribution in [0.25, 0.3) is 0 Å². The van der Waals surface area contributed by atoms with Gasteiger partial charge in [-0.3, -0.25) is 14.9 Å². The van der Waals surface area contributed by atoms with Gasteiger partial charge in [-0.15, -0.1) is 10.2 Å². The molecule has 0 fully saturated rings. The van der Waals surface area contributed by atoms with Gasteiger partial charge >= 0.3 is 11.8 Å². The number of nitrogens with zero attached hydrogens (tertiary/aromatic N) is 2. The molecule has 2 amide bonds. The van der Waals surface area contributed by atoms with Gasteiger partial charge in [0.1, 0.15) is 0 Å². The lowest BCUT2D eigenvalue weighted by molar-refractivity contribution is -0.136. The van der Waals surface area contributed by atoms with Gasteiger partial charge in [0.25, 0.3) is 0 Å². The maximum atomic E-state index is 11.5. The monoisotopic (exact) mass is 302 g/mol. The summed E-state index contributed by atoms with van der Waals surface area (Å²) < 4.78 is 0.786. The third kappa shape index (κ3) is 5.56. The number of hydrogen-bond donors (Lipinski definition) is 2. The van der Waals surface area contributed by atoms with Gasteiger partial charge in [0, 0.05) is 11.3 Å². The second-order valence-corrected chi connectivity index (χ2v) is 6.96. The molecule has 1 rings (SSSR count). The Morgan fingerprint density at radius 1 is 1.26 bits per heavy atom. The van der Waals surface area contributed by atoms with Crippen molar-refractivity contribution in [3.8, 4) is 0 Å². The molecule has 0 spiro atoms. The molecule has 8 heteroatoms. The number of nitrogens with one attached hydrogen (secondary N) is 2. The van der Waals surface area contributed by atoms with Crippen LogP contribution < -0.4 is 10.6 Å². The summed E-state index contributed by atoms with van der Waals surface area (Å²) in [5.74, 6) is -1.38. The van der Waals surface area contributed by atoms with Gasteiger partial charge in [-0.05, 0) is 20.3 Å². The molecule has 6 nitrogen and oxygen atoms in total. The van der Waals surface area contributed by atoms with Crippen LogP contribution in [0.1, 0.15) is 34.1 Å². The molecule has 0 bridgehead atoms. The standard InChI is InChI=1S/C11H18N4O2S2/c1-5-7(4)18-11-15-14-10(19-11)13-9(17)8(16)12-6(2)3/h6-7H,5H2,1-4H3,(H,12,16)(H,13,14,17)/t7-/m0/s1. The average molecular weight is 302 g/mol. The lowest BCUT2D eigenvalue weighted by atomic mass is 10.4. The zero-order valence-electron chi connectivity index (χ0n) is 11.4. The summed E-state index contributed by atoms with van der Waals surface area (Å²) in [5, 5.41) is 13.5. The molecule has 0 saturated heterocycles. The minimum atomic E-state index is -0.718. The quantitative estimate of drug-likeness (QED) is 0.493. The second kappa shape index (κ2) is 7.44. The van der Waals surface area contributed by atoms with E-state index in [2.05, 4.69) is 34.7 Å². The second-order valence-electron chi connectivity index (χ2n) is 4.29. The summed E-state index contributed by atoms with van der Waals surface area (Å²) in [5.41, 5.74) is 0. The number of amides is 2. The van der Waals surface area contributed by atoms with Crippen LogP contribution >= 0.6 is 23.1 Å². The lowest BCUT2D eigenvalue weighted by Gasteiger charge is -2.06. The zero-order chi connectivity index (χ0) is 14.4. The van der Waals surface area contributed by atoms with Crippen molar-refractivity contribution in [2.24, 2.45) is 0 Å². The van der Waals surface area contributed by atoms with E-state index in [-0.39, 0.29) is 6.04 Å². The minimum Gasteiger partial charge on any atom is -0.346 e. The molecule has 0 unspecified atom stereocenters. The van der Waals surface area contributed by atoms with E-state index in [0.29, 0.717) is 10.4 Å². The van der Waals surface area contributed by atoms with E-state index < -0.39 is 11.8 Å². The molecule has 0 aliphatic carbocycles. The summed E-state index contributed by atoms with van der Waals surface area (Å²) in [6, 6.07) is -0.0795. The van der Waals surface area contributed by atoms with Crippen molar-refractivity contribution in [1.29, 1.82) is 0 Å². The molecule has 0 radical (unpaired) electrons. The lowest BCUT2D eigenvalue weighted by Crippen LogP contribution is -2.39. The third-order valence-electron chi connectivity index (χ3n) is 2.13. The number of carbonyl (C=O) groups is 2. The highest BCUT2D eigenvalue weighted by molar-refractivity contribution is 8.01. The maximum Gasteiger partial charge on any atom is 0.315 e. The molecule has 19 heavy (non-hydrogen) atoms. The molecule has 2 N–H and O–H groups in total. The van der Waals surface area contributed by atoms with Crippen LogP contribution in [-0.2, 0) is 9.59 Å². The van der Waals surface area contributed by atoms with Crippen LogP contribution in [-0.4, -0.2) is 33.3 Å². The van der Waals surface area contributed by atoms with Crippen molar-refractivity contribution in [1.82, 2.24) is 15.5 Å². The van der Waals surface area contributed by atoms with Crippen LogP contribution in [0.3, 0.4) is 0 Å². The van der Waals surface area contributed by atoms with E-state index in [0.717, 1.165) is 10.8 Å². The highest BCUT2D eigenvalue weighted by Crippen LogP contribution is 2.29. The summed E-state index contributed by atoms with van der Waals surface area (Å²) >= 11 is 2.87. The molecule has 0 aromatic carbocycles. The van der Waals surface area contributed by atoms with Crippen LogP contribution in [0.15, 0.2) is 4.34 Å². The SMILES string of the molecule is CC[C@H](C)Sc1nnc(NC(=O)C(=O)NC(C)C)s1. The Kier molecular flexibility index (Phi) is 6.23. The number of aromatic nitrogens is 2. The van der Waals surface area contributed by atoms with Gasteiger partial charge in [0.15, 0.2) is 4.34 Å². The van der Waals surface area contributed by atoms with Crippen molar-refractivity contribution in [3.05, 3.63) is 0 Å². The van der Waals surface area contributed by atoms with Gasteiger partial charge in [0.2, 0.25) is 5.13 Å². The van der Waals surface area contributed by atoms with E-state index in [1.54, 1.807) is 25.6 Å². The van der Waals surface area contributed by atoms with E-state index in [1.807, 2.05) is 0 Å². The number of carbonyl (C=O) groups excluding carboxylic acids is 2. The van der Waals surface area contributed by atoms with Crippen LogP contribution in [0.5, 0.6) is 0 Å². The molecule has 1 heterocycles. The largest absolute Gasteiger partial charge is 0.346 e. The first-order chi connectivity index (χ1) is 8.92. The minimum absolute atomic E-state index is 0.0795. The van der Waals surface area contributed by atoms with E-state index in [1.165, 1.54) is 11.3 Å². The van der Waals surface area contributed by atoms with Crippen molar-refractivity contribution in [2.75, 3.05) is 5.32 Å². The molecule has 1 aromatic heterocycles. The Morgan fingerprint density at radius 3 is 2.53 bits per heavy atom. The predicted octanol–water partition coefficient (Wildman–Crippen LogP) is 1.89. The van der Waals surface area contributed by atoms with Crippen molar-refractivity contribution in [3.63, 3.8) is 0 Å². The summed E-state index contributed by atoms with van der Waals surface area (Å²) in [7, 11) is 0. The van der Waals surface area contributed by atoms with E-state index >= 15 is 0 Å². The Hall–Kier alpha value is -1.15. The van der Waals surface area contributed by atoms with Crippen LogP contribution in [0, 0.1) is 0 Å². The van der Waals surface area contributed by atoms with E-state index in [9.17, 15) is 9.59 Å². The summed E-state index contributed by atoms with van der Waals surface area (Å²) in [4.78, 5) is 23.0. The average Bonchev–Trinajstić information content (AvgIpc) is 2.75. The first kappa shape index (κ1) is 15.9. The highest BCUT2D eigenvalue weighted by Gasteiger charge is 2.17. The highest BCUT2D eigenvalue weighted by atomic mass is 32.2. The smallest absolute Gasteiger partial charge is 0.315 e. The number of hydrogen-bond acceptors (Lipinski definition) is 6. The molecular weight excluding hydrogens is 284 g/mol. The molecular formula is C11H18N4O2S2. The zero-order valence-corrected chi connectivity index (χ0v) is 13.0. The van der Waals surface area contributed by atoms with Gasteiger partial charge in [-0.25, -0.2) is 0 Å². The first-order valence-electron chi connectivity index (χ1n) is 6.04. The normalized spacial score (nSPS) is 12.3. The van der Waals surface area contributed by atoms with Crippen LogP contribution in [0.2, 0.25) is 0 Å². The number of rotatable bonds is 5. The molecule has 1 aromatic rings. The maximum absolute atomic E-state index is 11.5. The van der Waals surface area contributed by atoms with Crippen molar-refractivity contribution in [2.45, 2.75) is 49.7 Å². The van der Waals surface area contributed by atoms with Gasteiger partial charge in [-0.2, -0.15) is 0 Å². The summed E-state index contributed by atoms with van der Waals surface area (Å²) in [6.45, 7) is 7.77. The van der Waals surface area contributed by atoms with Gasteiger partial charge in [-0.1, -0.05) is 36.9 Å². The number of thioether (sulfide) groups is 1. The summed E-state index contributed by atoms with van der Waals surface area (Å²) in [6.07, 6.45) is 1.03. The molecule has 0 saturated carbocycles. The fraction of sp³-hybridized carbons (Fsp3) is 0.636. The predicted molar refractivity (Wildman–Crippen MR) is 77.4 cm³/mol. The Balaban J connectivity index is 2.53. The number of anilines is 1. The Bertz CT molecular complexity index is 448. The molecule has 0 aliphatic heterocycles. The topological polar surface area (TPSA) is 84.0 Å². The fourth-order valence-corrected chi connectivity index (χ4v) is 3.04. The van der Waals surface area contributed by atoms with Gasteiger partial charge in [0.05, 0.1) is 0 Å². The third-order valence-corrected chi connectivity index (χ3v) is 4.32. The Labute approximate surface area is 120 Å².